The highest BCUT2D eigenvalue weighted by molar-refractivity contribution is 5.65. The first-order chi connectivity index (χ1) is 12.2. The van der Waals surface area contributed by atoms with Gasteiger partial charge in [0.05, 0.1) is 11.9 Å². The van der Waals surface area contributed by atoms with E-state index in [0.717, 1.165) is 36.2 Å². The van der Waals surface area contributed by atoms with Crippen molar-refractivity contribution in [2.45, 2.75) is 19.3 Å². The van der Waals surface area contributed by atoms with Gasteiger partial charge in [-0.25, -0.2) is 18.6 Å². The number of aryl methyl sites for hydroxylation is 2. The third kappa shape index (κ3) is 2.93. The van der Waals surface area contributed by atoms with Crippen LogP contribution < -0.4 is 5.73 Å². The average molecular weight is 337 g/mol. The van der Waals surface area contributed by atoms with Gasteiger partial charge < -0.3 is 5.73 Å². The third-order valence-corrected chi connectivity index (χ3v) is 4.07. The van der Waals surface area contributed by atoms with Gasteiger partial charge in [0.25, 0.3) is 0 Å². The first-order valence-corrected chi connectivity index (χ1v) is 7.95. The molecule has 0 radical (unpaired) electrons. The van der Waals surface area contributed by atoms with Crippen molar-refractivity contribution in [3.63, 3.8) is 0 Å². The van der Waals surface area contributed by atoms with Gasteiger partial charge in [-0.2, -0.15) is 5.10 Å². The van der Waals surface area contributed by atoms with Gasteiger partial charge in [-0.3, -0.25) is 0 Å². The molecule has 0 bridgehead atoms. The van der Waals surface area contributed by atoms with Crippen molar-refractivity contribution in [3.05, 3.63) is 66.1 Å². The maximum absolute atomic E-state index is 13.8. The van der Waals surface area contributed by atoms with Crippen LogP contribution in [0.3, 0.4) is 0 Å². The quantitative estimate of drug-likeness (QED) is 0.603. The zero-order chi connectivity index (χ0) is 17.2. The predicted octanol–water partition coefficient (Wildman–Crippen LogP) is 2.21. The molecule has 0 aliphatic carbocycles. The van der Waals surface area contributed by atoms with Gasteiger partial charge in [-0.05, 0) is 43.5 Å². The Morgan fingerprint density at radius 2 is 1.96 bits per heavy atom. The number of halogens is 1. The second-order valence-corrected chi connectivity index (χ2v) is 5.73. The van der Waals surface area contributed by atoms with Gasteiger partial charge >= 0.3 is 0 Å². The zero-order valence-corrected chi connectivity index (χ0v) is 13.4. The van der Waals surface area contributed by atoms with Crippen molar-refractivity contribution in [2.75, 3.05) is 5.73 Å². The highest BCUT2D eigenvalue weighted by Crippen LogP contribution is 2.16. The van der Waals surface area contributed by atoms with Gasteiger partial charge in [0.2, 0.25) is 0 Å². The van der Waals surface area contributed by atoms with Crippen molar-refractivity contribution in [2.24, 2.45) is 0 Å². The predicted molar refractivity (Wildman–Crippen MR) is 90.7 cm³/mol. The summed E-state index contributed by atoms with van der Waals surface area (Å²) in [6, 6.07) is 10.4. The molecule has 3 heterocycles. The summed E-state index contributed by atoms with van der Waals surface area (Å²) < 4.78 is 17.1. The Hall–Kier alpha value is -3.29. The standard InChI is InChI=1S/C17H16FN7/c18-14-6-1-2-7-15(14)24-10-12(22-23-24)4-3-5-13-8-9-16-17(19)20-11-21-25(13)16/h1-2,6-11H,3-5H2,(H2,19,20,21). The molecule has 0 aliphatic rings. The largest absolute Gasteiger partial charge is 0.382 e. The summed E-state index contributed by atoms with van der Waals surface area (Å²) in [6.45, 7) is 0. The third-order valence-electron chi connectivity index (χ3n) is 4.07. The maximum atomic E-state index is 13.8. The zero-order valence-electron chi connectivity index (χ0n) is 13.4. The molecule has 0 saturated carbocycles. The molecule has 126 valence electrons. The van der Waals surface area contributed by atoms with Gasteiger partial charge in [0.15, 0.2) is 5.82 Å². The minimum Gasteiger partial charge on any atom is -0.382 e. The number of aromatic nitrogens is 6. The van der Waals surface area contributed by atoms with Crippen molar-refractivity contribution in [1.29, 1.82) is 0 Å². The lowest BCUT2D eigenvalue weighted by molar-refractivity contribution is 0.607. The number of nitrogens with two attached hydrogens (primary N) is 1. The summed E-state index contributed by atoms with van der Waals surface area (Å²) >= 11 is 0. The smallest absolute Gasteiger partial charge is 0.151 e. The van der Waals surface area contributed by atoms with Crippen molar-refractivity contribution in [3.8, 4) is 5.69 Å². The molecule has 0 fully saturated rings. The normalized spacial score (nSPS) is 11.2. The van der Waals surface area contributed by atoms with E-state index >= 15 is 0 Å². The fourth-order valence-corrected chi connectivity index (χ4v) is 2.82. The second kappa shape index (κ2) is 6.31. The number of fused-ring (bicyclic) bond motifs is 1. The molecule has 8 heteroatoms. The van der Waals surface area contributed by atoms with Crippen LogP contribution in [0.4, 0.5) is 10.2 Å². The molecular formula is C17H16FN7. The number of hydrogen-bond donors (Lipinski definition) is 1. The van der Waals surface area contributed by atoms with E-state index in [9.17, 15) is 4.39 Å². The van der Waals surface area contributed by atoms with Crippen LogP contribution in [0, 0.1) is 5.82 Å². The molecule has 25 heavy (non-hydrogen) atoms. The Labute approximate surface area is 142 Å². The van der Waals surface area contributed by atoms with E-state index in [-0.39, 0.29) is 5.82 Å². The van der Waals surface area contributed by atoms with Crippen LogP contribution in [-0.4, -0.2) is 29.6 Å². The van der Waals surface area contributed by atoms with Crippen molar-refractivity contribution in [1.82, 2.24) is 29.6 Å². The van der Waals surface area contributed by atoms with E-state index in [4.69, 9.17) is 5.73 Å². The molecular weight excluding hydrogens is 321 g/mol. The summed E-state index contributed by atoms with van der Waals surface area (Å²) in [7, 11) is 0. The molecule has 0 spiro atoms. The van der Waals surface area contributed by atoms with E-state index in [1.807, 2.05) is 12.1 Å². The summed E-state index contributed by atoms with van der Waals surface area (Å²) in [4.78, 5) is 3.98. The lowest BCUT2D eigenvalue weighted by atomic mass is 10.1. The molecule has 0 aliphatic heterocycles. The number of hydrogen-bond acceptors (Lipinski definition) is 5. The lowest BCUT2D eigenvalue weighted by Gasteiger charge is -2.02. The second-order valence-electron chi connectivity index (χ2n) is 5.73. The molecule has 0 unspecified atom stereocenters. The Morgan fingerprint density at radius 1 is 1.08 bits per heavy atom. The molecule has 2 N–H and O–H groups in total. The first kappa shape index (κ1) is 15.3. The summed E-state index contributed by atoms with van der Waals surface area (Å²) in [5.74, 6) is 0.143. The van der Waals surface area contributed by atoms with E-state index in [2.05, 4.69) is 20.4 Å². The van der Waals surface area contributed by atoms with E-state index < -0.39 is 0 Å². The van der Waals surface area contributed by atoms with Crippen LogP contribution in [0.15, 0.2) is 48.9 Å². The lowest BCUT2D eigenvalue weighted by Crippen LogP contribution is -2.02. The number of anilines is 1. The van der Waals surface area contributed by atoms with Gasteiger partial charge in [0.1, 0.15) is 23.3 Å². The Morgan fingerprint density at radius 3 is 2.84 bits per heavy atom. The molecule has 0 amide bonds. The van der Waals surface area contributed by atoms with E-state index in [0.29, 0.717) is 11.5 Å². The summed E-state index contributed by atoms with van der Waals surface area (Å²) in [5.41, 5.74) is 8.92. The summed E-state index contributed by atoms with van der Waals surface area (Å²) in [5, 5.41) is 12.4. The van der Waals surface area contributed by atoms with Crippen LogP contribution in [-0.2, 0) is 12.8 Å². The molecule has 0 atom stereocenters. The highest BCUT2D eigenvalue weighted by atomic mass is 19.1. The number of nitrogens with zero attached hydrogens (tertiary/aromatic N) is 6. The minimum absolute atomic E-state index is 0.323. The van der Waals surface area contributed by atoms with E-state index in [1.165, 1.54) is 17.1 Å². The maximum Gasteiger partial charge on any atom is 0.151 e. The Balaban J connectivity index is 1.44. The van der Waals surface area contributed by atoms with Gasteiger partial charge in [-0.15, -0.1) is 5.10 Å². The molecule has 7 nitrogen and oxygen atoms in total. The minimum atomic E-state index is -0.323. The van der Waals surface area contributed by atoms with Crippen molar-refractivity contribution >= 4 is 11.3 Å². The number of rotatable bonds is 5. The summed E-state index contributed by atoms with van der Waals surface area (Å²) in [6.07, 6.45) is 5.63. The SMILES string of the molecule is Nc1ncnn2c(CCCc3cn(-c4ccccc4F)nn3)ccc12. The number of para-hydroxylation sites is 1. The molecule has 3 aromatic heterocycles. The van der Waals surface area contributed by atoms with E-state index in [1.54, 1.807) is 28.9 Å². The van der Waals surface area contributed by atoms with Gasteiger partial charge in [-0.1, -0.05) is 17.3 Å². The fraction of sp³-hybridized carbons (Fsp3) is 0.176. The molecule has 0 saturated heterocycles. The molecule has 4 rings (SSSR count). The average Bonchev–Trinajstić information content (AvgIpc) is 3.24. The monoisotopic (exact) mass is 337 g/mol. The topological polar surface area (TPSA) is 86.9 Å². The van der Waals surface area contributed by atoms with Crippen LogP contribution in [0.1, 0.15) is 17.8 Å². The van der Waals surface area contributed by atoms with Crippen LogP contribution in [0.2, 0.25) is 0 Å². The fourth-order valence-electron chi connectivity index (χ4n) is 2.82. The van der Waals surface area contributed by atoms with Crippen LogP contribution in [0.25, 0.3) is 11.2 Å². The number of nitrogen functional groups attached to an aromatic ring is 1. The number of benzene rings is 1. The Bertz CT molecular complexity index is 1020. The molecule has 1 aromatic carbocycles. The molecule has 4 aromatic rings. The van der Waals surface area contributed by atoms with Crippen LogP contribution >= 0.6 is 0 Å². The highest BCUT2D eigenvalue weighted by Gasteiger charge is 2.09. The van der Waals surface area contributed by atoms with Crippen molar-refractivity contribution < 1.29 is 4.39 Å². The first-order valence-electron chi connectivity index (χ1n) is 7.95. The Kier molecular flexibility index (Phi) is 3.85. The van der Waals surface area contributed by atoms with Gasteiger partial charge in [0, 0.05) is 5.69 Å². The van der Waals surface area contributed by atoms with Crippen LogP contribution in [0.5, 0.6) is 0 Å².